The summed E-state index contributed by atoms with van der Waals surface area (Å²) >= 11 is 0. The lowest BCUT2D eigenvalue weighted by Crippen LogP contribution is -2.43. The van der Waals surface area contributed by atoms with E-state index in [2.05, 4.69) is 35.0 Å². The Balaban J connectivity index is 1.72. The summed E-state index contributed by atoms with van der Waals surface area (Å²) in [6, 6.07) is 6.61. The van der Waals surface area contributed by atoms with Gasteiger partial charge in [-0.25, -0.2) is 0 Å². The zero-order valence-electron chi connectivity index (χ0n) is 12.8. The summed E-state index contributed by atoms with van der Waals surface area (Å²) in [5.41, 5.74) is 9.39. The third kappa shape index (κ3) is 3.27. The van der Waals surface area contributed by atoms with Gasteiger partial charge in [0.05, 0.1) is 5.92 Å². The number of amides is 1. The van der Waals surface area contributed by atoms with E-state index in [1.807, 2.05) is 0 Å². The predicted molar refractivity (Wildman–Crippen MR) is 84.1 cm³/mol. The van der Waals surface area contributed by atoms with Gasteiger partial charge in [-0.1, -0.05) is 18.2 Å². The molecule has 0 saturated carbocycles. The molecule has 1 amide bonds. The molecule has 2 aliphatic rings. The van der Waals surface area contributed by atoms with Gasteiger partial charge in [0, 0.05) is 32.7 Å². The van der Waals surface area contributed by atoms with Crippen LogP contribution in [0.1, 0.15) is 35.4 Å². The van der Waals surface area contributed by atoms with Crippen molar-refractivity contribution in [1.82, 2.24) is 9.80 Å². The Bertz CT molecular complexity index is 521. The van der Waals surface area contributed by atoms with Crippen LogP contribution in [0.15, 0.2) is 18.2 Å². The van der Waals surface area contributed by atoms with Crippen molar-refractivity contribution in [1.29, 1.82) is 0 Å². The quantitative estimate of drug-likeness (QED) is 0.912. The molecule has 1 heterocycles. The first-order chi connectivity index (χ1) is 10.1. The highest BCUT2D eigenvalue weighted by Crippen LogP contribution is 2.32. The number of benzene rings is 1. The predicted octanol–water partition coefficient (Wildman–Crippen LogP) is 1.34. The zero-order chi connectivity index (χ0) is 14.8. The number of likely N-dealkylation sites (N-methyl/N-ethyl adjacent to an activating group) is 1. The van der Waals surface area contributed by atoms with Crippen LogP contribution in [0, 0.1) is 0 Å². The maximum absolute atomic E-state index is 11.6. The molecule has 1 aromatic rings. The van der Waals surface area contributed by atoms with Crippen LogP contribution < -0.4 is 5.73 Å². The third-order valence-electron chi connectivity index (χ3n) is 4.87. The summed E-state index contributed by atoms with van der Waals surface area (Å²) in [6.45, 7) is 5.58. The molecule has 1 atom stereocenters. The molecule has 1 saturated heterocycles. The van der Waals surface area contributed by atoms with Crippen molar-refractivity contribution in [2.24, 2.45) is 5.73 Å². The monoisotopic (exact) mass is 287 g/mol. The van der Waals surface area contributed by atoms with E-state index >= 15 is 0 Å². The summed E-state index contributed by atoms with van der Waals surface area (Å²) in [7, 11) is 2.18. The first-order valence-electron chi connectivity index (χ1n) is 7.95. The number of primary amides is 1. The van der Waals surface area contributed by atoms with Gasteiger partial charge in [-0.2, -0.15) is 0 Å². The number of rotatable bonds is 3. The van der Waals surface area contributed by atoms with Gasteiger partial charge in [-0.3, -0.25) is 9.69 Å². The number of hydrogen-bond donors (Lipinski definition) is 1. The van der Waals surface area contributed by atoms with Gasteiger partial charge >= 0.3 is 0 Å². The van der Waals surface area contributed by atoms with E-state index in [4.69, 9.17) is 5.73 Å². The Morgan fingerprint density at radius 3 is 2.76 bits per heavy atom. The molecule has 1 unspecified atom stereocenters. The third-order valence-corrected chi connectivity index (χ3v) is 4.87. The van der Waals surface area contributed by atoms with E-state index in [0.29, 0.717) is 0 Å². The topological polar surface area (TPSA) is 49.6 Å². The average Bonchev–Trinajstić information content (AvgIpc) is 2.48. The molecule has 2 N–H and O–H groups in total. The molecule has 1 aliphatic heterocycles. The molecule has 1 aromatic carbocycles. The number of carbonyl (C=O) groups is 1. The molecule has 21 heavy (non-hydrogen) atoms. The fourth-order valence-corrected chi connectivity index (χ4v) is 3.53. The zero-order valence-corrected chi connectivity index (χ0v) is 12.8. The minimum atomic E-state index is -0.178. The largest absolute Gasteiger partial charge is 0.369 e. The number of aryl methyl sites for hydroxylation is 1. The number of nitrogens with zero attached hydrogens (tertiary/aromatic N) is 2. The van der Waals surface area contributed by atoms with Gasteiger partial charge in [0.15, 0.2) is 0 Å². The van der Waals surface area contributed by atoms with Crippen LogP contribution in [0.4, 0.5) is 0 Å². The van der Waals surface area contributed by atoms with Crippen molar-refractivity contribution in [2.75, 3.05) is 33.2 Å². The maximum Gasteiger partial charge on any atom is 0.224 e. The van der Waals surface area contributed by atoms with Gasteiger partial charge in [0.1, 0.15) is 0 Å². The summed E-state index contributed by atoms with van der Waals surface area (Å²) in [5.74, 6) is -0.255. The second-order valence-corrected chi connectivity index (χ2v) is 6.46. The first-order valence-corrected chi connectivity index (χ1v) is 7.95. The summed E-state index contributed by atoms with van der Waals surface area (Å²) in [5, 5.41) is 0. The van der Waals surface area contributed by atoms with Crippen LogP contribution in [0.2, 0.25) is 0 Å². The molecule has 0 radical (unpaired) electrons. The van der Waals surface area contributed by atoms with Crippen LogP contribution in [-0.4, -0.2) is 48.9 Å². The lowest BCUT2D eigenvalue weighted by molar-refractivity contribution is -0.119. The highest BCUT2D eigenvalue weighted by atomic mass is 16.1. The van der Waals surface area contributed by atoms with E-state index in [9.17, 15) is 4.79 Å². The molecule has 114 valence electrons. The molecule has 0 aromatic heterocycles. The summed E-state index contributed by atoms with van der Waals surface area (Å²) < 4.78 is 0. The lowest BCUT2D eigenvalue weighted by Gasteiger charge is -2.32. The minimum Gasteiger partial charge on any atom is -0.369 e. The standard InChI is InChI=1S/C17H25N3O/c1-19-7-9-20(10-8-19)12-13-5-6-15-14(11-13)3-2-4-16(15)17(18)21/h5-6,11,16H,2-4,7-10,12H2,1H3,(H2,18,21). The number of carbonyl (C=O) groups excluding carboxylic acids is 1. The van der Waals surface area contributed by atoms with Crippen LogP contribution in [0.25, 0.3) is 0 Å². The van der Waals surface area contributed by atoms with Crippen LogP contribution >= 0.6 is 0 Å². The van der Waals surface area contributed by atoms with Crippen LogP contribution in [0.5, 0.6) is 0 Å². The van der Waals surface area contributed by atoms with Gasteiger partial charge < -0.3 is 10.6 Å². The number of fused-ring (bicyclic) bond motifs is 1. The first kappa shape index (κ1) is 14.5. The normalized spacial score (nSPS) is 23.8. The molecular formula is C17H25N3O. The maximum atomic E-state index is 11.6. The Morgan fingerprint density at radius 1 is 1.29 bits per heavy atom. The van der Waals surface area contributed by atoms with Crippen molar-refractivity contribution < 1.29 is 4.79 Å². The lowest BCUT2D eigenvalue weighted by atomic mass is 9.81. The Kier molecular flexibility index (Phi) is 4.27. The minimum absolute atomic E-state index is 0.0774. The highest BCUT2D eigenvalue weighted by molar-refractivity contribution is 5.82. The van der Waals surface area contributed by atoms with E-state index in [-0.39, 0.29) is 11.8 Å². The van der Waals surface area contributed by atoms with Gasteiger partial charge in [0.25, 0.3) is 0 Å². The van der Waals surface area contributed by atoms with Crippen LogP contribution in [0.3, 0.4) is 0 Å². The summed E-state index contributed by atoms with van der Waals surface area (Å²) in [4.78, 5) is 16.4. The molecule has 4 heteroatoms. The fraction of sp³-hybridized carbons (Fsp3) is 0.588. The van der Waals surface area contributed by atoms with E-state index in [1.54, 1.807) is 0 Å². The molecule has 1 fully saturated rings. The smallest absolute Gasteiger partial charge is 0.224 e. The van der Waals surface area contributed by atoms with Gasteiger partial charge in [-0.05, 0) is 43.0 Å². The molecule has 0 bridgehead atoms. The Hall–Kier alpha value is -1.39. The fourth-order valence-electron chi connectivity index (χ4n) is 3.53. The van der Waals surface area contributed by atoms with Crippen molar-refractivity contribution in [3.05, 3.63) is 34.9 Å². The van der Waals surface area contributed by atoms with Crippen molar-refractivity contribution in [3.63, 3.8) is 0 Å². The van der Waals surface area contributed by atoms with Crippen LogP contribution in [-0.2, 0) is 17.8 Å². The molecular weight excluding hydrogens is 262 g/mol. The molecule has 1 aliphatic carbocycles. The number of piperazine rings is 1. The van der Waals surface area contributed by atoms with E-state index in [1.165, 1.54) is 11.1 Å². The van der Waals surface area contributed by atoms with Crippen molar-refractivity contribution in [3.8, 4) is 0 Å². The van der Waals surface area contributed by atoms with Crippen molar-refractivity contribution >= 4 is 5.91 Å². The second kappa shape index (κ2) is 6.16. The average molecular weight is 287 g/mol. The number of nitrogens with two attached hydrogens (primary N) is 1. The SMILES string of the molecule is CN1CCN(Cc2ccc3c(c2)CCCC3C(N)=O)CC1. The summed E-state index contributed by atoms with van der Waals surface area (Å²) in [6.07, 6.45) is 3.05. The molecule has 3 rings (SSSR count). The van der Waals surface area contributed by atoms with Gasteiger partial charge in [0.2, 0.25) is 5.91 Å². The highest BCUT2D eigenvalue weighted by Gasteiger charge is 2.25. The molecule has 4 nitrogen and oxygen atoms in total. The number of hydrogen-bond acceptors (Lipinski definition) is 3. The van der Waals surface area contributed by atoms with E-state index in [0.717, 1.165) is 57.5 Å². The molecule has 0 spiro atoms. The van der Waals surface area contributed by atoms with E-state index < -0.39 is 0 Å². The van der Waals surface area contributed by atoms with Gasteiger partial charge in [-0.15, -0.1) is 0 Å². The Morgan fingerprint density at radius 2 is 2.05 bits per heavy atom. The van der Waals surface area contributed by atoms with Crippen molar-refractivity contribution in [2.45, 2.75) is 31.7 Å². The Labute approximate surface area is 126 Å². The second-order valence-electron chi connectivity index (χ2n) is 6.46.